The number of hydrogen-bond donors (Lipinski definition) is 1. The Labute approximate surface area is 221 Å². The fourth-order valence-corrected chi connectivity index (χ4v) is 5.29. The van der Waals surface area contributed by atoms with Crippen molar-refractivity contribution < 1.29 is 24.1 Å². The van der Waals surface area contributed by atoms with Crippen LogP contribution >= 0.6 is 0 Å². The molecule has 1 fully saturated rings. The fourth-order valence-electron chi connectivity index (χ4n) is 5.29. The van der Waals surface area contributed by atoms with E-state index in [1.165, 1.54) is 18.4 Å². The number of carbonyl (C=O) groups is 1. The van der Waals surface area contributed by atoms with E-state index in [1.54, 1.807) is 0 Å². The first-order valence-corrected chi connectivity index (χ1v) is 13.2. The Kier molecular flexibility index (Phi) is 5.99. The molecule has 3 heterocycles. The smallest absolute Gasteiger partial charge is 0.337 e. The molecule has 0 spiro atoms. The molecular formula is C31H32N2O5. The normalized spacial score (nSPS) is 15.9. The van der Waals surface area contributed by atoms with Gasteiger partial charge in [0.15, 0.2) is 6.10 Å². The van der Waals surface area contributed by atoms with Crippen LogP contribution in [0, 0.1) is 12.8 Å². The molecule has 6 rings (SSSR count). The predicted molar refractivity (Wildman–Crippen MR) is 146 cm³/mol. The molecule has 1 saturated carbocycles. The van der Waals surface area contributed by atoms with Gasteiger partial charge in [0.2, 0.25) is 5.88 Å². The van der Waals surface area contributed by atoms with Crippen molar-refractivity contribution in [1.29, 1.82) is 0 Å². The molecule has 196 valence electrons. The number of rotatable bonds is 7. The van der Waals surface area contributed by atoms with Crippen molar-refractivity contribution in [3.8, 4) is 22.8 Å². The zero-order valence-corrected chi connectivity index (χ0v) is 22.2. The van der Waals surface area contributed by atoms with Crippen LogP contribution < -0.4 is 9.47 Å². The summed E-state index contributed by atoms with van der Waals surface area (Å²) in [5.41, 5.74) is 5.00. The second-order valence-corrected chi connectivity index (χ2v) is 11.3. The van der Waals surface area contributed by atoms with Crippen LogP contribution in [-0.2, 0) is 16.0 Å². The first-order chi connectivity index (χ1) is 18.2. The molecule has 0 saturated heterocycles. The highest BCUT2D eigenvalue weighted by molar-refractivity contribution is 6.08. The number of aliphatic carboxylic acids is 1. The lowest BCUT2D eigenvalue weighted by atomic mass is 9.86. The first-order valence-electron chi connectivity index (χ1n) is 13.2. The second kappa shape index (κ2) is 9.24. The number of carboxylic acids is 1. The molecule has 2 aromatic carbocycles. The van der Waals surface area contributed by atoms with Crippen LogP contribution in [0.15, 0.2) is 42.6 Å². The van der Waals surface area contributed by atoms with Gasteiger partial charge in [-0.3, -0.25) is 4.98 Å². The van der Waals surface area contributed by atoms with E-state index in [0.717, 1.165) is 50.7 Å². The molecule has 0 amide bonds. The number of aromatic nitrogens is 2. The Morgan fingerprint density at radius 2 is 2.00 bits per heavy atom. The highest BCUT2D eigenvalue weighted by atomic mass is 16.5. The number of hydrogen-bond acceptors (Lipinski definition) is 6. The predicted octanol–water partition coefficient (Wildman–Crippen LogP) is 6.42. The summed E-state index contributed by atoms with van der Waals surface area (Å²) >= 11 is 0. The van der Waals surface area contributed by atoms with Gasteiger partial charge in [-0.15, -0.1) is 0 Å². The average Bonchev–Trinajstić information content (AvgIpc) is 3.70. The van der Waals surface area contributed by atoms with Crippen molar-refractivity contribution in [1.82, 2.24) is 9.97 Å². The molecule has 0 bridgehead atoms. The number of carboxylic acid groups (broad SMARTS) is 1. The number of fused-ring (bicyclic) bond motifs is 1. The summed E-state index contributed by atoms with van der Waals surface area (Å²) in [6.07, 6.45) is 3.84. The highest BCUT2D eigenvalue weighted by Gasteiger charge is 2.33. The summed E-state index contributed by atoms with van der Waals surface area (Å²) in [7, 11) is 0. The van der Waals surface area contributed by atoms with Crippen molar-refractivity contribution in [2.45, 2.75) is 58.7 Å². The zero-order valence-electron chi connectivity index (χ0n) is 22.2. The van der Waals surface area contributed by atoms with Crippen molar-refractivity contribution in [3.05, 3.63) is 59.3 Å². The van der Waals surface area contributed by atoms with Gasteiger partial charge in [-0.2, -0.15) is 0 Å². The maximum Gasteiger partial charge on any atom is 0.337 e. The molecule has 7 nitrogen and oxygen atoms in total. The van der Waals surface area contributed by atoms with Crippen LogP contribution in [0.4, 0.5) is 0 Å². The molecule has 0 unspecified atom stereocenters. The molecule has 7 heteroatoms. The van der Waals surface area contributed by atoms with Crippen LogP contribution in [-0.4, -0.2) is 39.9 Å². The molecule has 4 aromatic rings. The lowest BCUT2D eigenvalue weighted by molar-refractivity contribution is -0.160. The van der Waals surface area contributed by atoms with Gasteiger partial charge < -0.3 is 19.3 Å². The van der Waals surface area contributed by atoms with Gasteiger partial charge in [0, 0.05) is 40.6 Å². The zero-order chi connectivity index (χ0) is 26.6. The minimum Gasteiger partial charge on any atom is -0.493 e. The summed E-state index contributed by atoms with van der Waals surface area (Å²) in [6.45, 7) is 8.81. The molecular weight excluding hydrogens is 480 g/mol. The Balaban J connectivity index is 1.63. The van der Waals surface area contributed by atoms with E-state index in [0.29, 0.717) is 30.6 Å². The number of nitrogens with zero attached hydrogens (tertiary/aromatic N) is 2. The Hall–Kier alpha value is -3.71. The van der Waals surface area contributed by atoms with E-state index in [4.69, 9.17) is 24.2 Å². The number of ether oxygens (including phenoxy) is 3. The number of pyridine rings is 2. The molecule has 1 N–H and O–H groups in total. The third-order valence-electron chi connectivity index (χ3n) is 7.18. The summed E-state index contributed by atoms with van der Waals surface area (Å²) in [6, 6.07) is 11.7. The van der Waals surface area contributed by atoms with Gasteiger partial charge in [0.25, 0.3) is 0 Å². The highest BCUT2D eigenvalue weighted by Crippen LogP contribution is 2.45. The Bertz CT molecular complexity index is 1560. The van der Waals surface area contributed by atoms with Crippen LogP contribution in [0.25, 0.3) is 32.9 Å². The van der Waals surface area contributed by atoms with E-state index >= 15 is 0 Å². The number of benzene rings is 2. The summed E-state index contributed by atoms with van der Waals surface area (Å²) in [5, 5.41) is 12.2. The van der Waals surface area contributed by atoms with Crippen LogP contribution in [0.2, 0.25) is 0 Å². The molecule has 2 aromatic heterocycles. The minimum absolute atomic E-state index is 0.576. The standard InChI is InChI=1S/C31H32N2O5/c1-17-15-22-20(8-10-24(33-22)37-16-18-5-6-18)27(25(17)29(30(34)35)38-31(2,3)4)21-7-9-23-26-19(12-14-36-23)11-13-32-28(21)26/h7-11,13,15,18,29H,5-6,12,14,16H2,1-4H3,(H,34,35)/t29-/m0/s1. The molecule has 1 aliphatic carbocycles. The van der Waals surface area contributed by atoms with Crippen molar-refractivity contribution in [3.63, 3.8) is 0 Å². The number of aryl methyl sites for hydroxylation is 1. The molecule has 0 radical (unpaired) electrons. The van der Waals surface area contributed by atoms with Crippen molar-refractivity contribution in [2.75, 3.05) is 13.2 Å². The maximum absolute atomic E-state index is 12.7. The van der Waals surface area contributed by atoms with Crippen LogP contribution in [0.1, 0.15) is 56.4 Å². The third kappa shape index (κ3) is 4.56. The molecule has 2 aliphatic rings. The first kappa shape index (κ1) is 24.6. The van der Waals surface area contributed by atoms with Gasteiger partial charge in [0.05, 0.1) is 29.8 Å². The Morgan fingerprint density at radius 1 is 1.18 bits per heavy atom. The van der Waals surface area contributed by atoms with Crippen LogP contribution in [0.5, 0.6) is 11.6 Å². The summed E-state index contributed by atoms with van der Waals surface area (Å²) in [4.78, 5) is 22.3. The van der Waals surface area contributed by atoms with E-state index in [1.807, 2.05) is 70.3 Å². The Morgan fingerprint density at radius 3 is 2.74 bits per heavy atom. The van der Waals surface area contributed by atoms with Crippen LogP contribution in [0.3, 0.4) is 0 Å². The summed E-state index contributed by atoms with van der Waals surface area (Å²) in [5.74, 6) is 0.946. The van der Waals surface area contributed by atoms with Gasteiger partial charge in [-0.1, -0.05) is 0 Å². The van der Waals surface area contributed by atoms with E-state index in [-0.39, 0.29) is 0 Å². The van der Waals surface area contributed by atoms with E-state index in [9.17, 15) is 9.90 Å². The van der Waals surface area contributed by atoms with Gasteiger partial charge >= 0.3 is 5.97 Å². The molecule has 1 aliphatic heterocycles. The lowest BCUT2D eigenvalue weighted by Crippen LogP contribution is -2.28. The largest absolute Gasteiger partial charge is 0.493 e. The third-order valence-corrected chi connectivity index (χ3v) is 7.18. The quantitative estimate of drug-likeness (QED) is 0.305. The van der Waals surface area contributed by atoms with Crippen molar-refractivity contribution in [2.24, 2.45) is 5.92 Å². The topological polar surface area (TPSA) is 90.8 Å². The fraction of sp³-hybridized carbons (Fsp3) is 0.387. The van der Waals surface area contributed by atoms with Crippen molar-refractivity contribution >= 4 is 27.8 Å². The van der Waals surface area contributed by atoms with E-state index in [2.05, 4.69) is 0 Å². The SMILES string of the molecule is Cc1cc2nc(OCC3CC3)ccc2c(-c2ccc3c4c(ccnc24)CCO3)c1[C@H](OC(C)(C)C)C(=O)O. The summed E-state index contributed by atoms with van der Waals surface area (Å²) < 4.78 is 18.1. The van der Waals surface area contributed by atoms with E-state index < -0.39 is 17.7 Å². The lowest BCUT2D eigenvalue weighted by Gasteiger charge is -2.29. The minimum atomic E-state index is -1.18. The van der Waals surface area contributed by atoms with Gasteiger partial charge in [-0.25, -0.2) is 9.78 Å². The van der Waals surface area contributed by atoms with Gasteiger partial charge in [0.1, 0.15) is 5.75 Å². The monoisotopic (exact) mass is 512 g/mol. The molecule has 1 atom stereocenters. The second-order valence-electron chi connectivity index (χ2n) is 11.3. The molecule has 38 heavy (non-hydrogen) atoms. The maximum atomic E-state index is 12.7. The average molecular weight is 513 g/mol. The van der Waals surface area contributed by atoms with Gasteiger partial charge in [-0.05, 0) is 93.5 Å².